The van der Waals surface area contributed by atoms with Gasteiger partial charge in [-0.05, 0) is 45.7 Å². The van der Waals surface area contributed by atoms with Gasteiger partial charge in [0, 0.05) is 22.6 Å². The SMILES string of the molecule is CCCC(=O)[N+](Cc1ccc(-c2ccccc2S(=O)(=O)Nc2noc(C)c2C)cc1)(C(C)C)[C@H](C(N)=O)C(C)C. The monoisotopic (exact) mass is 569 g/mol. The zero-order chi connectivity index (χ0) is 29.8. The van der Waals surface area contributed by atoms with Crippen molar-refractivity contribution in [1.29, 1.82) is 0 Å². The van der Waals surface area contributed by atoms with E-state index < -0.39 is 22.0 Å². The smallest absolute Gasteiger partial charge is 0.314 e. The number of aryl methyl sites for hydroxylation is 1. The summed E-state index contributed by atoms with van der Waals surface area (Å²) in [6.45, 7) is 13.4. The van der Waals surface area contributed by atoms with Crippen LogP contribution in [0.5, 0.6) is 0 Å². The molecule has 1 aromatic heterocycles. The van der Waals surface area contributed by atoms with Crippen molar-refractivity contribution in [2.24, 2.45) is 11.7 Å². The first-order valence-corrected chi connectivity index (χ1v) is 15.1. The Bertz CT molecular complexity index is 1460. The summed E-state index contributed by atoms with van der Waals surface area (Å²) < 4.78 is 34.3. The Morgan fingerprint density at radius 2 is 1.65 bits per heavy atom. The number of nitrogens with two attached hydrogens (primary N) is 1. The Balaban J connectivity index is 2.03. The van der Waals surface area contributed by atoms with Crippen molar-refractivity contribution in [3.63, 3.8) is 0 Å². The van der Waals surface area contributed by atoms with Gasteiger partial charge >= 0.3 is 5.91 Å². The van der Waals surface area contributed by atoms with E-state index in [9.17, 15) is 18.0 Å². The lowest BCUT2D eigenvalue weighted by molar-refractivity contribution is -0.907. The first-order valence-electron chi connectivity index (χ1n) is 13.6. The van der Waals surface area contributed by atoms with Gasteiger partial charge < -0.3 is 10.3 Å². The van der Waals surface area contributed by atoms with E-state index in [-0.39, 0.29) is 33.1 Å². The molecule has 0 fully saturated rings. The van der Waals surface area contributed by atoms with Crippen molar-refractivity contribution in [3.8, 4) is 11.1 Å². The number of aromatic nitrogens is 1. The fraction of sp³-hybridized carbons (Fsp3) is 0.433. The first-order chi connectivity index (χ1) is 18.8. The van der Waals surface area contributed by atoms with Crippen LogP contribution in [0.1, 0.15) is 64.3 Å². The fourth-order valence-corrected chi connectivity index (χ4v) is 6.66. The van der Waals surface area contributed by atoms with E-state index >= 15 is 0 Å². The van der Waals surface area contributed by atoms with Crippen LogP contribution in [0.2, 0.25) is 0 Å². The third-order valence-electron chi connectivity index (χ3n) is 7.54. The number of nitrogens with zero attached hydrogens (tertiary/aromatic N) is 2. The lowest BCUT2D eigenvalue weighted by Gasteiger charge is -2.46. The molecule has 1 unspecified atom stereocenters. The van der Waals surface area contributed by atoms with Gasteiger partial charge in [0.2, 0.25) is 0 Å². The number of sulfonamides is 1. The predicted octanol–water partition coefficient (Wildman–Crippen LogP) is 5.32. The molecule has 0 spiro atoms. The van der Waals surface area contributed by atoms with E-state index in [4.69, 9.17) is 10.3 Å². The molecule has 0 saturated carbocycles. The van der Waals surface area contributed by atoms with E-state index in [1.807, 2.05) is 58.9 Å². The molecule has 9 nitrogen and oxygen atoms in total. The van der Waals surface area contributed by atoms with Crippen LogP contribution in [0.25, 0.3) is 11.1 Å². The molecule has 40 heavy (non-hydrogen) atoms. The molecular weight excluding hydrogens is 528 g/mol. The van der Waals surface area contributed by atoms with Crippen LogP contribution in [0.15, 0.2) is 57.9 Å². The summed E-state index contributed by atoms with van der Waals surface area (Å²) in [4.78, 5) is 26.5. The molecule has 0 aliphatic carbocycles. The number of hydrogen-bond acceptors (Lipinski definition) is 6. The molecule has 0 radical (unpaired) electrons. The number of quaternary nitrogens is 1. The maximum absolute atomic E-state index is 13.7. The minimum absolute atomic E-state index is 0.0139. The molecule has 0 aliphatic rings. The van der Waals surface area contributed by atoms with Gasteiger partial charge in [0.15, 0.2) is 11.9 Å². The van der Waals surface area contributed by atoms with Crippen molar-refractivity contribution in [1.82, 2.24) is 5.16 Å². The van der Waals surface area contributed by atoms with Gasteiger partial charge in [-0.1, -0.05) is 68.4 Å². The minimum atomic E-state index is -3.97. The highest BCUT2D eigenvalue weighted by Gasteiger charge is 2.50. The molecule has 216 valence electrons. The Kier molecular flexibility index (Phi) is 9.58. The van der Waals surface area contributed by atoms with Crippen LogP contribution in [-0.4, -0.2) is 42.0 Å². The van der Waals surface area contributed by atoms with E-state index in [0.29, 0.717) is 41.8 Å². The summed E-state index contributed by atoms with van der Waals surface area (Å²) in [6.07, 6.45) is 1.01. The summed E-state index contributed by atoms with van der Waals surface area (Å²) in [7, 11) is -3.97. The second-order valence-corrected chi connectivity index (χ2v) is 12.6. The number of benzene rings is 2. The normalized spacial score (nSPS) is 14.2. The van der Waals surface area contributed by atoms with Gasteiger partial charge in [0.05, 0.1) is 17.4 Å². The molecule has 1 heterocycles. The molecule has 2 atom stereocenters. The van der Waals surface area contributed by atoms with Crippen LogP contribution in [0, 0.1) is 19.8 Å². The fourth-order valence-electron chi connectivity index (χ4n) is 5.37. The Morgan fingerprint density at radius 3 is 2.15 bits per heavy atom. The van der Waals surface area contributed by atoms with Gasteiger partial charge in [-0.3, -0.25) is 9.52 Å². The third kappa shape index (κ3) is 6.13. The average molecular weight is 570 g/mol. The van der Waals surface area contributed by atoms with E-state index in [1.54, 1.807) is 32.0 Å². The van der Waals surface area contributed by atoms with Gasteiger partial charge in [0.1, 0.15) is 12.3 Å². The number of carbonyl (C=O) groups is 2. The van der Waals surface area contributed by atoms with E-state index in [2.05, 4.69) is 9.88 Å². The number of anilines is 1. The van der Waals surface area contributed by atoms with E-state index in [1.165, 1.54) is 6.07 Å². The van der Waals surface area contributed by atoms with Crippen molar-refractivity contribution >= 4 is 27.7 Å². The number of carbonyl (C=O) groups excluding carboxylic acids is 2. The Labute approximate surface area is 237 Å². The molecule has 2 amide bonds. The molecular formula is C30H41N4O5S+. The van der Waals surface area contributed by atoms with Crippen LogP contribution < -0.4 is 10.5 Å². The van der Waals surface area contributed by atoms with Crippen LogP contribution in [-0.2, 0) is 26.2 Å². The predicted molar refractivity (Wildman–Crippen MR) is 155 cm³/mol. The first kappa shape index (κ1) is 31.0. The minimum Gasteiger partial charge on any atom is -0.364 e. The Morgan fingerprint density at radius 1 is 1.02 bits per heavy atom. The molecule has 3 N–H and O–H groups in total. The topological polar surface area (TPSA) is 132 Å². The lowest BCUT2D eigenvalue weighted by atomic mass is 9.93. The largest absolute Gasteiger partial charge is 0.364 e. The van der Waals surface area contributed by atoms with Crippen LogP contribution >= 0.6 is 0 Å². The maximum Gasteiger partial charge on any atom is 0.314 e. The zero-order valence-corrected chi connectivity index (χ0v) is 25.2. The van der Waals surface area contributed by atoms with Gasteiger partial charge in [-0.2, -0.15) is 0 Å². The highest BCUT2D eigenvalue weighted by molar-refractivity contribution is 7.92. The van der Waals surface area contributed by atoms with Crippen molar-refractivity contribution in [2.45, 2.75) is 84.8 Å². The summed E-state index contributed by atoms with van der Waals surface area (Å²) in [5.74, 6) is 0.0397. The number of rotatable bonds is 12. The zero-order valence-electron chi connectivity index (χ0n) is 24.4. The van der Waals surface area contributed by atoms with Gasteiger partial charge in [-0.15, -0.1) is 0 Å². The molecule has 2 aromatic carbocycles. The summed E-state index contributed by atoms with van der Waals surface area (Å²) >= 11 is 0. The highest BCUT2D eigenvalue weighted by Crippen LogP contribution is 2.33. The van der Waals surface area contributed by atoms with Crippen molar-refractivity contribution in [3.05, 3.63) is 65.4 Å². The van der Waals surface area contributed by atoms with Crippen LogP contribution in [0.3, 0.4) is 0 Å². The van der Waals surface area contributed by atoms with Crippen molar-refractivity contribution in [2.75, 3.05) is 4.72 Å². The van der Waals surface area contributed by atoms with Gasteiger partial charge in [-0.25, -0.2) is 17.7 Å². The average Bonchev–Trinajstić information content (AvgIpc) is 3.19. The number of nitrogens with one attached hydrogen (secondary N) is 1. The quantitative estimate of drug-likeness (QED) is 0.284. The summed E-state index contributed by atoms with van der Waals surface area (Å²) in [5, 5.41) is 3.83. The number of amides is 2. The molecule has 0 bridgehead atoms. The molecule has 0 aliphatic heterocycles. The van der Waals surface area contributed by atoms with E-state index in [0.717, 1.165) is 5.56 Å². The maximum atomic E-state index is 13.7. The van der Waals surface area contributed by atoms with Crippen LogP contribution in [0.4, 0.5) is 5.82 Å². The molecule has 0 saturated heterocycles. The van der Waals surface area contributed by atoms with Gasteiger partial charge in [0.25, 0.3) is 15.9 Å². The Hall–Kier alpha value is -3.50. The second-order valence-electron chi connectivity index (χ2n) is 10.9. The second kappa shape index (κ2) is 12.3. The molecule has 3 aromatic rings. The molecule has 10 heteroatoms. The summed E-state index contributed by atoms with van der Waals surface area (Å²) in [5.41, 5.74) is 8.56. The lowest BCUT2D eigenvalue weighted by Crippen LogP contribution is -2.67. The van der Waals surface area contributed by atoms with Crippen molar-refractivity contribution < 1.29 is 27.0 Å². The standard InChI is InChI=1S/C30H40N4O5S/c1-8-11-27(35)34(20(4)5,28(19(2)3)29(31)36)18-23-14-16-24(17-15-23)25-12-9-10-13-26(25)40(37,38)33-30-21(6)22(7)39-32-30/h9-10,12-17,19-20,28H,8,11,18H2,1-7H3,(H2-,31,32,33,36)/p+1/t28-,34?/m0/s1. The third-order valence-corrected chi connectivity index (χ3v) is 8.94. The molecule has 3 rings (SSSR count). The summed E-state index contributed by atoms with van der Waals surface area (Å²) in [6, 6.07) is 13.3. The highest BCUT2D eigenvalue weighted by atomic mass is 32.2. The number of hydrogen-bond donors (Lipinski definition) is 2. The number of primary amides is 1.